The third-order valence-corrected chi connectivity index (χ3v) is 5.88. The second-order valence-electron chi connectivity index (χ2n) is 8.23. The number of aromatic hydroxyl groups is 2. The lowest BCUT2D eigenvalue weighted by Crippen LogP contribution is -2.29. The highest BCUT2D eigenvalue weighted by molar-refractivity contribution is 6.01. The lowest BCUT2D eigenvalue weighted by atomic mass is 9.94. The first-order valence-corrected chi connectivity index (χ1v) is 10.7. The van der Waals surface area contributed by atoms with E-state index >= 15 is 0 Å². The summed E-state index contributed by atoms with van der Waals surface area (Å²) >= 11 is 0. The van der Waals surface area contributed by atoms with Crippen molar-refractivity contribution in [2.45, 2.75) is 25.2 Å². The first-order valence-electron chi connectivity index (χ1n) is 10.7. The molecule has 1 saturated carbocycles. The topological polar surface area (TPSA) is 138 Å². The van der Waals surface area contributed by atoms with Gasteiger partial charge in [-0.05, 0) is 61.2 Å². The molecule has 1 aliphatic rings. The average Bonchev–Trinajstić information content (AvgIpc) is 3.63. The maximum atomic E-state index is 13.1. The SMILES string of the molecule is Cc1ccc(NC(=O)C2(c3ccc(O)c(O)c3)CC2)nc1-c1cccc(C(=O)NCCN)c1. The minimum atomic E-state index is -0.751. The molecule has 0 aliphatic heterocycles. The molecule has 0 saturated heterocycles. The van der Waals surface area contributed by atoms with Crippen LogP contribution < -0.4 is 16.4 Å². The van der Waals surface area contributed by atoms with Crippen LogP contribution in [0.15, 0.2) is 54.6 Å². The fourth-order valence-corrected chi connectivity index (χ4v) is 3.81. The number of pyridine rings is 1. The highest BCUT2D eigenvalue weighted by Gasteiger charge is 2.51. The van der Waals surface area contributed by atoms with Crippen LogP contribution in [0.4, 0.5) is 5.82 Å². The molecule has 1 aliphatic carbocycles. The zero-order chi connectivity index (χ0) is 23.6. The molecule has 3 aromatic rings. The van der Waals surface area contributed by atoms with Crippen molar-refractivity contribution < 1.29 is 19.8 Å². The van der Waals surface area contributed by atoms with Crippen LogP contribution in [-0.4, -0.2) is 40.1 Å². The van der Waals surface area contributed by atoms with Gasteiger partial charge < -0.3 is 26.6 Å². The average molecular weight is 447 g/mol. The Bertz CT molecular complexity index is 1220. The minimum absolute atomic E-state index is 0.211. The number of nitrogens with two attached hydrogens (primary N) is 1. The van der Waals surface area contributed by atoms with Crippen molar-refractivity contribution in [2.75, 3.05) is 18.4 Å². The zero-order valence-corrected chi connectivity index (χ0v) is 18.3. The van der Waals surface area contributed by atoms with Crippen LogP contribution in [0.3, 0.4) is 0 Å². The fraction of sp³-hybridized carbons (Fsp3) is 0.240. The van der Waals surface area contributed by atoms with Gasteiger partial charge in [0, 0.05) is 24.2 Å². The smallest absolute Gasteiger partial charge is 0.251 e. The van der Waals surface area contributed by atoms with Gasteiger partial charge in [-0.3, -0.25) is 9.59 Å². The maximum Gasteiger partial charge on any atom is 0.251 e. The van der Waals surface area contributed by atoms with Crippen LogP contribution in [0.5, 0.6) is 11.5 Å². The van der Waals surface area contributed by atoms with E-state index in [1.165, 1.54) is 12.1 Å². The molecule has 2 aromatic carbocycles. The van der Waals surface area contributed by atoms with E-state index in [9.17, 15) is 19.8 Å². The second-order valence-corrected chi connectivity index (χ2v) is 8.23. The molecular weight excluding hydrogens is 420 g/mol. The number of anilines is 1. The minimum Gasteiger partial charge on any atom is -0.504 e. The Labute approximate surface area is 191 Å². The number of nitrogens with one attached hydrogen (secondary N) is 2. The number of hydrogen-bond donors (Lipinski definition) is 5. The van der Waals surface area contributed by atoms with Crippen molar-refractivity contribution >= 4 is 17.6 Å². The molecule has 6 N–H and O–H groups in total. The molecule has 2 amide bonds. The van der Waals surface area contributed by atoms with Crippen LogP contribution in [0.25, 0.3) is 11.3 Å². The van der Waals surface area contributed by atoms with Crippen molar-refractivity contribution in [1.29, 1.82) is 0 Å². The van der Waals surface area contributed by atoms with Crippen molar-refractivity contribution in [2.24, 2.45) is 5.73 Å². The lowest BCUT2D eigenvalue weighted by molar-refractivity contribution is -0.118. The van der Waals surface area contributed by atoms with Gasteiger partial charge in [-0.2, -0.15) is 0 Å². The number of amides is 2. The number of benzene rings is 2. The number of phenolic OH excluding ortho intramolecular Hbond substituents is 2. The van der Waals surface area contributed by atoms with E-state index in [1.807, 2.05) is 19.1 Å². The Balaban J connectivity index is 1.57. The Kier molecular flexibility index (Phi) is 6.02. The Morgan fingerprint density at radius 3 is 2.55 bits per heavy atom. The molecule has 1 aromatic heterocycles. The van der Waals surface area contributed by atoms with E-state index < -0.39 is 5.41 Å². The highest BCUT2D eigenvalue weighted by Crippen LogP contribution is 2.50. The molecule has 0 unspecified atom stereocenters. The molecule has 1 fully saturated rings. The number of hydrogen-bond acceptors (Lipinski definition) is 6. The van der Waals surface area contributed by atoms with E-state index in [4.69, 9.17) is 5.73 Å². The van der Waals surface area contributed by atoms with Gasteiger partial charge in [0.2, 0.25) is 5.91 Å². The summed E-state index contributed by atoms with van der Waals surface area (Å²) in [4.78, 5) is 30.1. The van der Waals surface area contributed by atoms with Gasteiger partial charge in [0.05, 0.1) is 11.1 Å². The number of nitrogens with zero attached hydrogens (tertiary/aromatic N) is 1. The summed E-state index contributed by atoms with van der Waals surface area (Å²) in [5.74, 6) is -0.508. The van der Waals surface area contributed by atoms with Crippen molar-refractivity contribution in [3.63, 3.8) is 0 Å². The third kappa shape index (κ3) is 4.51. The molecule has 4 rings (SSSR count). The molecule has 0 bridgehead atoms. The van der Waals surface area contributed by atoms with Gasteiger partial charge in [-0.15, -0.1) is 0 Å². The zero-order valence-electron chi connectivity index (χ0n) is 18.3. The number of rotatable bonds is 7. The lowest BCUT2D eigenvalue weighted by Gasteiger charge is -2.17. The molecule has 0 radical (unpaired) electrons. The van der Waals surface area contributed by atoms with Crippen molar-refractivity contribution in [1.82, 2.24) is 10.3 Å². The summed E-state index contributed by atoms with van der Waals surface area (Å²) in [6, 6.07) is 15.2. The number of aromatic nitrogens is 1. The van der Waals surface area contributed by atoms with Gasteiger partial charge in [0.25, 0.3) is 5.91 Å². The largest absolute Gasteiger partial charge is 0.504 e. The maximum absolute atomic E-state index is 13.1. The van der Waals surface area contributed by atoms with Crippen LogP contribution in [-0.2, 0) is 10.2 Å². The third-order valence-electron chi connectivity index (χ3n) is 5.88. The highest BCUT2D eigenvalue weighted by atomic mass is 16.3. The Morgan fingerprint density at radius 1 is 1.06 bits per heavy atom. The summed E-state index contributed by atoms with van der Waals surface area (Å²) in [6.07, 6.45) is 1.28. The van der Waals surface area contributed by atoms with Crippen LogP contribution in [0, 0.1) is 6.92 Å². The number of phenols is 2. The molecule has 0 atom stereocenters. The van der Waals surface area contributed by atoms with E-state index in [-0.39, 0.29) is 23.3 Å². The Morgan fingerprint density at radius 2 is 1.85 bits per heavy atom. The van der Waals surface area contributed by atoms with Crippen LogP contribution in [0.2, 0.25) is 0 Å². The van der Waals surface area contributed by atoms with Gasteiger partial charge in [-0.1, -0.05) is 24.3 Å². The van der Waals surface area contributed by atoms with Crippen molar-refractivity contribution in [3.05, 3.63) is 71.3 Å². The predicted octanol–water partition coefficient (Wildman–Crippen LogP) is 2.83. The van der Waals surface area contributed by atoms with Gasteiger partial charge in [0.1, 0.15) is 5.82 Å². The van der Waals surface area contributed by atoms with Crippen molar-refractivity contribution in [3.8, 4) is 22.8 Å². The standard InChI is InChI=1S/C25H26N4O4/c1-15-5-8-21(28-22(15)16-3-2-4-17(13-16)23(32)27-12-11-26)29-24(33)25(9-10-25)18-6-7-19(30)20(31)14-18/h2-8,13-14,30-31H,9-12,26H2,1H3,(H,27,32)(H,28,29,33). The monoisotopic (exact) mass is 446 g/mol. The first kappa shape index (κ1) is 22.3. The molecular formula is C25H26N4O4. The number of carbonyl (C=O) groups excluding carboxylic acids is 2. The van der Waals surface area contributed by atoms with E-state index in [1.54, 1.807) is 30.3 Å². The van der Waals surface area contributed by atoms with Crippen LogP contribution >= 0.6 is 0 Å². The molecule has 170 valence electrons. The summed E-state index contributed by atoms with van der Waals surface area (Å²) < 4.78 is 0. The number of carbonyl (C=O) groups is 2. The van der Waals surface area contributed by atoms with E-state index in [0.29, 0.717) is 48.6 Å². The predicted molar refractivity (Wildman–Crippen MR) is 125 cm³/mol. The van der Waals surface area contributed by atoms with E-state index in [2.05, 4.69) is 15.6 Å². The van der Waals surface area contributed by atoms with Gasteiger partial charge in [-0.25, -0.2) is 4.98 Å². The summed E-state index contributed by atoms with van der Waals surface area (Å²) in [5, 5.41) is 25.1. The quantitative estimate of drug-likeness (QED) is 0.354. The van der Waals surface area contributed by atoms with Gasteiger partial charge >= 0.3 is 0 Å². The van der Waals surface area contributed by atoms with Crippen LogP contribution in [0.1, 0.15) is 34.3 Å². The summed E-state index contributed by atoms with van der Waals surface area (Å²) in [7, 11) is 0. The molecule has 1 heterocycles. The Hall–Kier alpha value is -3.91. The summed E-state index contributed by atoms with van der Waals surface area (Å²) in [5.41, 5.74) is 8.18. The first-order chi connectivity index (χ1) is 15.8. The molecule has 0 spiro atoms. The molecule has 33 heavy (non-hydrogen) atoms. The summed E-state index contributed by atoms with van der Waals surface area (Å²) in [6.45, 7) is 2.66. The number of aryl methyl sites for hydroxylation is 1. The fourth-order valence-electron chi connectivity index (χ4n) is 3.81. The molecule has 8 nitrogen and oxygen atoms in total. The second kappa shape index (κ2) is 8.91. The normalized spacial score (nSPS) is 13.9. The molecule has 8 heteroatoms. The van der Waals surface area contributed by atoms with Gasteiger partial charge in [0.15, 0.2) is 11.5 Å². The van der Waals surface area contributed by atoms with E-state index in [0.717, 1.165) is 11.1 Å².